The van der Waals surface area contributed by atoms with Crippen LogP contribution in [0, 0.1) is 6.92 Å². The highest BCUT2D eigenvalue weighted by molar-refractivity contribution is 9.10. The van der Waals surface area contributed by atoms with E-state index < -0.39 is 0 Å². The highest BCUT2D eigenvalue weighted by atomic mass is 79.9. The number of nitrogens with zero attached hydrogens (tertiary/aromatic N) is 2. The number of halogens is 1. The summed E-state index contributed by atoms with van der Waals surface area (Å²) < 4.78 is 12.4. The van der Waals surface area contributed by atoms with E-state index in [9.17, 15) is 0 Å². The van der Waals surface area contributed by atoms with Gasteiger partial charge in [-0.1, -0.05) is 38.7 Å². The van der Waals surface area contributed by atoms with Crippen molar-refractivity contribution in [2.75, 3.05) is 5.32 Å². The van der Waals surface area contributed by atoms with Gasteiger partial charge in [0, 0.05) is 10.2 Å². The lowest BCUT2D eigenvalue weighted by atomic mass is 10.2. The summed E-state index contributed by atoms with van der Waals surface area (Å²) in [4.78, 5) is 0. The summed E-state index contributed by atoms with van der Waals surface area (Å²) in [6, 6.07) is 15.9. The van der Waals surface area contributed by atoms with E-state index in [2.05, 4.69) is 31.4 Å². The average Bonchev–Trinajstić information content (AvgIpc) is 3.00. The smallest absolute Gasteiger partial charge is 0.320 e. The third kappa shape index (κ3) is 4.10. The molecule has 0 amide bonds. The quantitative estimate of drug-likeness (QED) is 0.679. The van der Waals surface area contributed by atoms with Crippen LogP contribution >= 0.6 is 15.9 Å². The highest BCUT2D eigenvalue weighted by Gasteiger charge is 2.15. The monoisotopic (exact) mass is 373 g/mol. The van der Waals surface area contributed by atoms with Gasteiger partial charge in [-0.2, -0.15) is 0 Å². The van der Waals surface area contributed by atoms with Crippen LogP contribution in [0.4, 0.5) is 11.7 Å². The van der Waals surface area contributed by atoms with Crippen LogP contribution in [0.5, 0.6) is 5.75 Å². The summed E-state index contributed by atoms with van der Waals surface area (Å²) in [5.41, 5.74) is 2.05. The van der Waals surface area contributed by atoms with Gasteiger partial charge in [-0.3, -0.25) is 0 Å². The van der Waals surface area contributed by atoms with Crippen molar-refractivity contribution < 1.29 is 9.15 Å². The first-order valence-corrected chi connectivity index (χ1v) is 7.99. The Morgan fingerprint density at radius 1 is 1.04 bits per heavy atom. The number of anilines is 2. The minimum Gasteiger partial charge on any atom is -0.481 e. The van der Waals surface area contributed by atoms with Crippen molar-refractivity contribution in [3.05, 3.63) is 64.5 Å². The molecule has 0 saturated carbocycles. The molecule has 1 heterocycles. The number of hydrogen-bond acceptors (Lipinski definition) is 5. The van der Waals surface area contributed by atoms with Gasteiger partial charge in [0.1, 0.15) is 5.75 Å². The van der Waals surface area contributed by atoms with E-state index >= 15 is 0 Å². The fraction of sp³-hybridized carbons (Fsp3) is 0.176. The molecule has 0 aliphatic rings. The summed E-state index contributed by atoms with van der Waals surface area (Å²) in [6.45, 7) is 3.90. The fourth-order valence-corrected chi connectivity index (χ4v) is 2.24. The van der Waals surface area contributed by atoms with Gasteiger partial charge in [0.2, 0.25) is 0 Å². The molecule has 0 spiro atoms. The predicted octanol–water partition coefficient (Wildman–Crippen LogP) is 5.02. The molecular formula is C17H16BrN3O2. The number of aryl methyl sites for hydroxylation is 1. The molecule has 1 N–H and O–H groups in total. The van der Waals surface area contributed by atoms with E-state index in [1.807, 2.05) is 62.4 Å². The van der Waals surface area contributed by atoms with Crippen molar-refractivity contribution in [1.29, 1.82) is 0 Å². The number of nitrogens with one attached hydrogen (secondary N) is 1. The zero-order valence-electron chi connectivity index (χ0n) is 12.8. The Bertz CT molecular complexity index is 769. The summed E-state index contributed by atoms with van der Waals surface area (Å²) in [6.07, 6.45) is -0.328. The summed E-state index contributed by atoms with van der Waals surface area (Å²) in [5.74, 6) is 1.19. The molecule has 118 valence electrons. The highest BCUT2D eigenvalue weighted by Crippen LogP contribution is 2.24. The molecule has 3 aromatic rings. The Hall–Kier alpha value is -2.34. The lowest BCUT2D eigenvalue weighted by molar-refractivity contribution is 0.190. The van der Waals surface area contributed by atoms with Gasteiger partial charge >= 0.3 is 6.01 Å². The van der Waals surface area contributed by atoms with E-state index in [4.69, 9.17) is 9.15 Å². The first kappa shape index (κ1) is 15.6. The van der Waals surface area contributed by atoms with Crippen LogP contribution in [0.2, 0.25) is 0 Å². The molecule has 1 unspecified atom stereocenters. The molecule has 0 radical (unpaired) electrons. The van der Waals surface area contributed by atoms with E-state index in [0.717, 1.165) is 15.9 Å². The van der Waals surface area contributed by atoms with Crippen LogP contribution in [0.15, 0.2) is 57.4 Å². The molecule has 3 rings (SSSR count). The second-order valence-electron chi connectivity index (χ2n) is 5.15. The maximum Gasteiger partial charge on any atom is 0.320 e. The van der Waals surface area contributed by atoms with E-state index in [0.29, 0.717) is 11.9 Å². The third-order valence-electron chi connectivity index (χ3n) is 3.22. The number of aromatic nitrogens is 2. The van der Waals surface area contributed by atoms with Crippen molar-refractivity contribution in [3.8, 4) is 5.75 Å². The first-order chi connectivity index (χ1) is 11.1. The van der Waals surface area contributed by atoms with Gasteiger partial charge in [-0.05, 0) is 50.2 Å². The second-order valence-corrected chi connectivity index (χ2v) is 6.07. The molecule has 1 aromatic heterocycles. The lowest BCUT2D eigenvalue weighted by Crippen LogP contribution is -2.03. The zero-order valence-corrected chi connectivity index (χ0v) is 14.4. The molecular weight excluding hydrogens is 358 g/mol. The molecule has 0 saturated heterocycles. The average molecular weight is 374 g/mol. The Morgan fingerprint density at radius 3 is 2.43 bits per heavy atom. The number of benzene rings is 2. The third-order valence-corrected chi connectivity index (χ3v) is 3.75. The summed E-state index contributed by atoms with van der Waals surface area (Å²) >= 11 is 3.39. The van der Waals surface area contributed by atoms with Gasteiger partial charge in [0.15, 0.2) is 6.10 Å². The van der Waals surface area contributed by atoms with Crippen LogP contribution < -0.4 is 10.1 Å². The van der Waals surface area contributed by atoms with Crippen LogP contribution in [-0.4, -0.2) is 10.2 Å². The maximum absolute atomic E-state index is 5.80. The molecule has 1 atom stereocenters. The summed E-state index contributed by atoms with van der Waals surface area (Å²) in [7, 11) is 0. The van der Waals surface area contributed by atoms with Crippen LogP contribution in [0.1, 0.15) is 24.5 Å². The topological polar surface area (TPSA) is 60.2 Å². The number of rotatable bonds is 5. The van der Waals surface area contributed by atoms with Gasteiger partial charge in [-0.25, -0.2) is 0 Å². The lowest BCUT2D eigenvalue weighted by Gasteiger charge is -2.10. The zero-order chi connectivity index (χ0) is 16.2. The SMILES string of the molecule is Cc1ccc(OC(C)c2nnc(Nc3ccc(Br)cc3)o2)cc1. The van der Waals surface area contributed by atoms with Gasteiger partial charge in [0.05, 0.1) is 0 Å². The molecule has 0 fully saturated rings. The van der Waals surface area contributed by atoms with Crippen LogP contribution in [-0.2, 0) is 0 Å². The van der Waals surface area contributed by atoms with Gasteiger partial charge < -0.3 is 14.5 Å². The van der Waals surface area contributed by atoms with E-state index in [1.54, 1.807) is 0 Å². The Balaban J connectivity index is 1.66. The molecule has 23 heavy (non-hydrogen) atoms. The van der Waals surface area contributed by atoms with Crippen LogP contribution in [0.3, 0.4) is 0 Å². The number of hydrogen-bond donors (Lipinski definition) is 1. The van der Waals surface area contributed by atoms with Crippen molar-refractivity contribution in [1.82, 2.24) is 10.2 Å². The normalized spacial score (nSPS) is 12.0. The largest absolute Gasteiger partial charge is 0.481 e. The Labute approximate surface area is 142 Å². The molecule has 0 aliphatic carbocycles. The fourth-order valence-electron chi connectivity index (χ4n) is 1.98. The van der Waals surface area contributed by atoms with Crippen molar-refractivity contribution in [3.63, 3.8) is 0 Å². The Morgan fingerprint density at radius 2 is 1.74 bits per heavy atom. The van der Waals surface area contributed by atoms with Crippen LogP contribution in [0.25, 0.3) is 0 Å². The Kier molecular flexibility index (Phi) is 4.62. The van der Waals surface area contributed by atoms with Gasteiger partial charge in [-0.15, -0.1) is 5.10 Å². The molecule has 0 bridgehead atoms. The van der Waals surface area contributed by atoms with Crippen molar-refractivity contribution >= 4 is 27.6 Å². The van der Waals surface area contributed by atoms with Crippen molar-refractivity contribution in [2.45, 2.75) is 20.0 Å². The molecule has 6 heteroatoms. The molecule has 2 aromatic carbocycles. The maximum atomic E-state index is 5.80. The first-order valence-electron chi connectivity index (χ1n) is 7.19. The minimum absolute atomic E-state index is 0.328. The second kappa shape index (κ2) is 6.83. The standard InChI is InChI=1S/C17H16BrN3O2/c1-11-3-9-15(10-4-11)22-12(2)16-20-21-17(23-16)19-14-7-5-13(18)6-8-14/h3-10,12H,1-2H3,(H,19,21). The van der Waals surface area contributed by atoms with E-state index in [1.165, 1.54) is 5.56 Å². The van der Waals surface area contributed by atoms with Crippen molar-refractivity contribution in [2.24, 2.45) is 0 Å². The van der Waals surface area contributed by atoms with E-state index in [-0.39, 0.29) is 6.10 Å². The predicted molar refractivity (Wildman–Crippen MR) is 91.9 cm³/mol. The summed E-state index contributed by atoms with van der Waals surface area (Å²) in [5, 5.41) is 11.1. The molecule has 0 aliphatic heterocycles. The molecule has 5 nitrogen and oxygen atoms in total. The minimum atomic E-state index is -0.328. The van der Waals surface area contributed by atoms with Gasteiger partial charge in [0.25, 0.3) is 5.89 Å². The number of ether oxygens (including phenoxy) is 1.